The number of carbonyl (C=O) groups is 1. The highest BCUT2D eigenvalue weighted by molar-refractivity contribution is 5.83. The summed E-state index contributed by atoms with van der Waals surface area (Å²) >= 11 is 0. The second-order valence-corrected chi connectivity index (χ2v) is 6.47. The molecule has 1 saturated heterocycles. The molecule has 1 aliphatic rings. The molecule has 2 rings (SSSR count). The molecular weight excluding hydrogens is 325 g/mol. The van der Waals surface area contributed by atoms with Crippen LogP contribution < -0.4 is 11.0 Å². The third kappa shape index (κ3) is 3.89. The minimum absolute atomic E-state index is 0.605. The smallest absolute Gasteiger partial charge is 0.413 e. The first-order chi connectivity index (χ1) is 11.0. The lowest BCUT2D eigenvalue weighted by Gasteiger charge is -2.20. The normalized spacial score (nSPS) is 27.1. The van der Waals surface area contributed by atoms with Crippen LogP contribution in [0.5, 0.6) is 0 Å². The zero-order valence-corrected chi connectivity index (χ0v) is 13.7. The topological polar surface area (TPSA) is 123 Å². The van der Waals surface area contributed by atoms with E-state index < -0.39 is 53.6 Å². The van der Waals surface area contributed by atoms with Crippen molar-refractivity contribution in [2.24, 2.45) is 0 Å². The van der Waals surface area contributed by atoms with Crippen LogP contribution in [0.2, 0.25) is 0 Å². The van der Waals surface area contributed by atoms with Crippen LogP contribution in [-0.2, 0) is 9.47 Å². The first kappa shape index (κ1) is 18.3. The Morgan fingerprint density at radius 1 is 1.42 bits per heavy atom. The van der Waals surface area contributed by atoms with Crippen LogP contribution in [0.3, 0.4) is 0 Å². The Morgan fingerprint density at radius 3 is 2.54 bits per heavy atom. The van der Waals surface area contributed by atoms with Crippen LogP contribution in [0.1, 0.15) is 33.9 Å². The number of hydrogen-bond donors (Lipinski definition) is 3. The van der Waals surface area contributed by atoms with E-state index in [-0.39, 0.29) is 0 Å². The summed E-state index contributed by atoms with van der Waals surface area (Å²) in [7, 11) is 0. The molecule has 24 heavy (non-hydrogen) atoms. The summed E-state index contributed by atoms with van der Waals surface area (Å²) in [5, 5.41) is 21.6. The van der Waals surface area contributed by atoms with Crippen LogP contribution >= 0.6 is 0 Å². The number of aliphatic hydroxyl groups excluding tert-OH is 2. The van der Waals surface area contributed by atoms with Gasteiger partial charge in [0.05, 0.1) is 12.3 Å². The summed E-state index contributed by atoms with van der Waals surface area (Å²) in [5.74, 6) is -1.63. The highest BCUT2D eigenvalue weighted by atomic mass is 19.1. The number of ether oxygens (including phenoxy) is 2. The lowest BCUT2D eigenvalue weighted by molar-refractivity contribution is -0.0355. The van der Waals surface area contributed by atoms with Gasteiger partial charge < -0.3 is 19.7 Å². The number of rotatable bonds is 2. The summed E-state index contributed by atoms with van der Waals surface area (Å²) in [6.45, 7) is 6.38. The Kier molecular flexibility index (Phi) is 4.92. The van der Waals surface area contributed by atoms with Gasteiger partial charge in [-0.3, -0.25) is 9.88 Å². The molecule has 0 unspecified atom stereocenters. The van der Waals surface area contributed by atoms with Gasteiger partial charge >= 0.3 is 11.8 Å². The number of amides is 1. The van der Waals surface area contributed by atoms with Crippen molar-refractivity contribution < 1.29 is 28.9 Å². The number of hydrogen-bond acceptors (Lipinski definition) is 7. The van der Waals surface area contributed by atoms with Crippen molar-refractivity contribution >= 4 is 11.9 Å². The minimum Gasteiger partial charge on any atom is -0.444 e. The number of nitrogens with one attached hydrogen (secondary N) is 1. The molecule has 3 N–H and O–H groups in total. The van der Waals surface area contributed by atoms with Gasteiger partial charge in [0, 0.05) is 0 Å². The number of anilines is 1. The molecule has 0 bridgehead atoms. The SMILES string of the molecule is C[C@H]1O[C@@H](n2cc(F)c(NC(=O)OC(C)(C)C)nc2=O)[C@H](O)[C@@H]1O. The third-order valence-electron chi connectivity index (χ3n) is 3.28. The Hall–Kier alpha value is -2.04. The van der Waals surface area contributed by atoms with E-state index in [1.165, 1.54) is 6.92 Å². The van der Waals surface area contributed by atoms with E-state index in [4.69, 9.17) is 9.47 Å². The number of aromatic nitrogens is 2. The molecule has 1 aromatic rings. The van der Waals surface area contributed by atoms with E-state index in [2.05, 4.69) is 4.98 Å². The molecule has 9 nitrogen and oxygen atoms in total. The van der Waals surface area contributed by atoms with Crippen LogP contribution in [0.15, 0.2) is 11.0 Å². The van der Waals surface area contributed by atoms with Gasteiger partial charge in [-0.15, -0.1) is 0 Å². The van der Waals surface area contributed by atoms with E-state index in [0.29, 0.717) is 4.57 Å². The zero-order valence-electron chi connectivity index (χ0n) is 13.7. The van der Waals surface area contributed by atoms with E-state index in [9.17, 15) is 24.2 Å². The Labute approximate surface area is 137 Å². The number of halogens is 1. The van der Waals surface area contributed by atoms with Gasteiger partial charge in [-0.2, -0.15) is 4.98 Å². The maximum absolute atomic E-state index is 14.1. The average Bonchev–Trinajstić information content (AvgIpc) is 2.68. The predicted molar refractivity (Wildman–Crippen MR) is 79.9 cm³/mol. The molecule has 10 heteroatoms. The quantitative estimate of drug-likeness (QED) is 0.707. The molecule has 1 aliphatic heterocycles. The second kappa shape index (κ2) is 6.46. The minimum atomic E-state index is -1.41. The first-order valence-electron chi connectivity index (χ1n) is 7.30. The van der Waals surface area contributed by atoms with Gasteiger partial charge in [-0.25, -0.2) is 14.0 Å². The summed E-state index contributed by atoms with van der Waals surface area (Å²) in [4.78, 5) is 27.1. The first-order valence-corrected chi connectivity index (χ1v) is 7.30. The Balaban J connectivity index is 2.23. The maximum atomic E-state index is 14.1. The second-order valence-electron chi connectivity index (χ2n) is 6.47. The fraction of sp³-hybridized carbons (Fsp3) is 0.643. The molecule has 0 aliphatic carbocycles. The average molecular weight is 345 g/mol. The monoisotopic (exact) mass is 345 g/mol. The molecular formula is C14H20FN3O6. The Bertz CT molecular complexity index is 686. The highest BCUT2D eigenvalue weighted by Gasteiger charge is 2.42. The number of carbonyl (C=O) groups excluding carboxylic acids is 1. The van der Waals surface area contributed by atoms with Crippen LogP contribution in [0, 0.1) is 5.82 Å². The fourth-order valence-electron chi connectivity index (χ4n) is 2.17. The molecule has 1 amide bonds. The van der Waals surface area contributed by atoms with Crippen molar-refractivity contribution in [1.82, 2.24) is 9.55 Å². The van der Waals surface area contributed by atoms with Gasteiger partial charge in [0.25, 0.3) is 0 Å². The predicted octanol–water partition coefficient (Wildman–Crippen LogP) is 0.368. The van der Waals surface area contributed by atoms with Crippen molar-refractivity contribution in [2.45, 2.75) is 57.8 Å². The third-order valence-corrected chi connectivity index (χ3v) is 3.28. The van der Waals surface area contributed by atoms with Crippen molar-refractivity contribution in [3.63, 3.8) is 0 Å². The van der Waals surface area contributed by atoms with E-state index >= 15 is 0 Å². The highest BCUT2D eigenvalue weighted by Crippen LogP contribution is 2.28. The largest absolute Gasteiger partial charge is 0.444 e. The van der Waals surface area contributed by atoms with Gasteiger partial charge in [0.1, 0.15) is 17.8 Å². The standard InChI is InChI=1S/C14H20FN3O6/c1-6-8(19)9(20)11(23-6)18-5-7(15)10(16-12(18)21)17-13(22)24-14(2,3)4/h5-6,8-9,11,19-20H,1-4H3,(H,16,17,21,22)/t6-,8-,9-,11-/m1/s1. The molecule has 1 fully saturated rings. The van der Waals surface area contributed by atoms with Gasteiger partial charge in [-0.05, 0) is 27.7 Å². The van der Waals surface area contributed by atoms with Crippen molar-refractivity contribution in [1.29, 1.82) is 0 Å². The summed E-state index contributed by atoms with van der Waals surface area (Å²) in [6, 6.07) is 0. The molecule has 0 radical (unpaired) electrons. The van der Waals surface area contributed by atoms with Gasteiger partial charge in [0.15, 0.2) is 17.9 Å². The molecule has 1 aromatic heterocycles. The van der Waals surface area contributed by atoms with Crippen LogP contribution in [0.4, 0.5) is 15.0 Å². The molecule has 134 valence electrons. The van der Waals surface area contributed by atoms with E-state index in [1.54, 1.807) is 20.8 Å². The maximum Gasteiger partial charge on any atom is 0.413 e. The van der Waals surface area contributed by atoms with Gasteiger partial charge in [0.2, 0.25) is 0 Å². The summed E-state index contributed by atoms with van der Waals surface area (Å²) < 4.78 is 25.0. The molecule has 0 aromatic carbocycles. The fourth-order valence-corrected chi connectivity index (χ4v) is 2.17. The summed E-state index contributed by atoms with van der Waals surface area (Å²) in [5.41, 5.74) is -1.77. The molecule has 0 spiro atoms. The lowest BCUT2D eigenvalue weighted by Crippen LogP contribution is -2.36. The number of aliphatic hydroxyl groups is 2. The van der Waals surface area contributed by atoms with E-state index in [0.717, 1.165) is 6.20 Å². The van der Waals surface area contributed by atoms with Crippen LogP contribution in [0.25, 0.3) is 0 Å². The van der Waals surface area contributed by atoms with Gasteiger partial charge in [-0.1, -0.05) is 0 Å². The number of nitrogens with zero attached hydrogens (tertiary/aromatic N) is 2. The van der Waals surface area contributed by atoms with Crippen LogP contribution in [-0.4, -0.2) is 49.8 Å². The lowest BCUT2D eigenvalue weighted by atomic mass is 10.1. The molecule has 0 saturated carbocycles. The molecule has 4 atom stereocenters. The Morgan fingerprint density at radius 2 is 2.04 bits per heavy atom. The van der Waals surface area contributed by atoms with Crippen molar-refractivity contribution in [3.8, 4) is 0 Å². The summed E-state index contributed by atoms with van der Waals surface area (Å²) in [6.07, 6.45) is -4.87. The van der Waals surface area contributed by atoms with Crippen molar-refractivity contribution in [2.75, 3.05) is 5.32 Å². The van der Waals surface area contributed by atoms with E-state index in [1.807, 2.05) is 5.32 Å². The molecule has 2 heterocycles. The zero-order chi connectivity index (χ0) is 18.2. The van der Waals surface area contributed by atoms with Crippen molar-refractivity contribution in [3.05, 3.63) is 22.5 Å².